The molecule has 1 heterocycles. The Morgan fingerprint density at radius 1 is 1.43 bits per heavy atom. The zero-order valence-corrected chi connectivity index (χ0v) is 8.83. The van der Waals surface area contributed by atoms with Gasteiger partial charge in [0.2, 0.25) is 0 Å². The lowest BCUT2D eigenvalue weighted by molar-refractivity contribution is 0.602. The minimum Gasteiger partial charge on any atom is -0.367 e. The molecule has 1 aromatic heterocycles. The second-order valence-electron chi connectivity index (χ2n) is 4.25. The standard InChI is InChI=1S/C11H17N3/c1-8-3-4-10(7-8)14-11-5-6-12-9(2)13-11/h5-6,8,10H,3-4,7H2,1-2H3,(H,12,13,14). The van der Waals surface area contributed by atoms with Gasteiger partial charge in [-0.25, -0.2) is 9.97 Å². The first kappa shape index (κ1) is 9.44. The van der Waals surface area contributed by atoms with Crippen LogP contribution in [0.3, 0.4) is 0 Å². The van der Waals surface area contributed by atoms with Crippen LogP contribution >= 0.6 is 0 Å². The highest BCUT2D eigenvalue weighted by Gasteiger charge is 2.21. The molecule has 0 spiro atoms. The van der Waals surface area contributed by atoms with Gasteiger partial charge < -0.3 is 5.32 Å². The summed E-state index contributed by atoms with van der Waals surface area (Å²) in [7, 11) is 0. The normalized spacial score (nSPS) is 26.4. The van der Waals surface area contributed by atoms with Crippen LogP contribution in [-0.4, -0.2) is 16.0 Å². The first-order valence-electron chi connectivity index (χ1n) is 5.30. The molecular weight excluding hydrogens is 174 g/mol. The molecule has 1 aliphatic carbocycles. The van der Waals surface area contributed by atoms with Gasteiger partial charge in [-0.3, -0.25) is 0 Å². The van der Waals surface area contributed by atoms with E-state index in [9.17, 15) is 0 Å². The van der Waals surface area contributed by atoms with Crippen molar-refractivity contribution in [1.82, 2.24) is 9.97 Å². The predicted octanol–water partition coefficient (Wildman–Crippen LogP) is 2.39. The van der Waals surface area contributed by atoms with Crippen LogP contribution in [0.1, 0.15) is 32.0 Å². The van der Waals surface area contributed by atoms with Crippen molar-refractivity contribution < 1.29 is 0 Å². The Morgan fingerprint density at radius 2 is 2.29 bits per heavy atom. The Morgan fingerprint density at radius 3 is 2.93 bits per heavy atom. The topological polar surface area (TPSA) is 37.8 Å². The summed E-state index contributed by atoms with van der Waals surface area (Å²) in [6.45, 7) is 4.23. The number of aryl methyl sites for hydroxylation is 1. The van der Waals surface area contributed by atoms with Crippen molar-refractivity contribution in [2.24, 2.45) is 5.92 Å². The van der Waals surface area contributed by atoms with Crippen molar-refractivity contribution >= 4 is 5.82 Å². The molecule has 76 valence electrons. The maximum Gasteiger partial charge on any atom is 0.129 e. The van der Waals surface area contributed by atoms with Gasteiger partial charge in [-0.15, -0.1) is 0 Å². The second kappa shape index (κ2) is 3.95. The number of nitrogens with one attached hydrogen (secondary N) is 1. The molecule has 0 bridgehead atoms. The van der Waals surface area contributed by atoms with Crippen LogP contribution in [-0.2, 0) is 0 Å². The zero-order chi connectivity index (χ0) is 9.97. The van der Waals surface area contributed by atoms with Crippen molar-refractivity contribution in [3.05, 3.63) is 18.1 Å². The Balaban J connectivity index is 1.97. The van der Waals surface area contributed by atoms with Crippen molar-refractivity contribution in [3.8, 4) is 0 Å². The van der Waals surface area contributed by atoms with E-state index in [1.807, 2.05) is 19.2 Å². The van der Waals surface area contributed by atoms with Crippen LogP contribution in [0.15, 0.2) is 12.3 Å². The van der Waals surface area contributed by atoms with E-state index in [0.29, 0.717) is 6.04 Å². The monoisotopic (exact) mass is 191 g/mol. The van der Waals surface area contributed by atoms with Gasteiger partial charge in [0.05, 0.1) is 0 Å². The maximum absolute atomic E-state index is 4.34. The fourth-order valence-electron chi connectivity index (χ4n) is 2.08. The maximum atomic E-state index is 4.34. The highest BCUT2D eigenvalue weighted by atomic mass is 15.0. The summed E-state index contributed by atoms with van der Waals surface area (Å²) in [6.07, 6.45) is 5.68. The average Bonchev–Trinajstić information content (AvgIpc) is 2.51. The van der Waals surface area contributed by atoms with Crippen molar-refractivity contribution in [2.45, 2.75) is 39.2 Å². The number of hydrogen-bond donors (Lipinski definition) is 1. The van der Waals surface area contributed by atoms with E-state index in [0.717, 1.165) is 17.6 Å². The van der Waals surface area contributed by atoms with E-state index in [2.05, 4.69) is 22.2 Å². The highest BCUT2D eigenvalue weighted by Crippen LogP contribution is 2.26. The summed E-state index contributed by atoms with van der Waals surface area (Å²) in [6, 6.07) is 2.55. The fourth-order valence-corrected chi connectivity index (χ4v) is 2.08. The van der Waals surface area contributed by atoms with Crippen molar-refractivity contribution in [2.75, 3.05) is 5.32 Å². The molecule has 3 nitrogen and oxygen atoms in total. The Labute approximate surface area is 85.0 Å². The molecule has 2 atom stereocenters. The Hall–Kier alpha value is -1.12. The number of hydrogen-bond acceptors (Lipinski definition) is 3. The first-order valence-corrected chi connectivity index (χ1v) is 5.30. The summed E-state index contributed by atoms with van der Waals surface area (Å²) < 4.78 is 0. The van der Waals surface area contributed by atoms with E-state index in [1.165, 1.54) is 19.3 Å². The Bertz CT molecular complexity index is 311. The average molecular weight is 191 g/mol. The van der Waals surface area contributed by atoms with Crippen molar-refractivity contribution in [3.63, 3.8) is 0 Å². The second-order valence-corrected chi connectivity index (χ2v) is 4.25. The summed E-state index contributed by atoms with van der Waals surface area (Å²) in [5, 5.41) is 3.46. The van der Waals surface area contributed by atoms with Gasteiger partial charge in [-0.05, 0) is 38.2 Å². The summed E-state index contributed by atoms with van der Waals surface area (Å²) >= 11 is 0. The van der Waals surface area contributed by atoms with Gasteiger partial charge in [0.1, 0.15) is 11.6 Å². The minimum absolute atomic E-state index is 0.610. The van der Waals surface area contributed by atoms with Crippen LogP contribution in [0, 0.1) is 12.8 Å². The molecule has 3 heteroatoms. The third-order valence-electron chi connectivity index (χ3n) is 2.82. The van der Waals surface area contributed by atoms with Gasteiger partial charge in [0.25, 0.3) is 0 Å². The summed E-state index contributed by atoms with van der Waals surface area (Å²) in [5.74, 6) is 2.66. The van der Waals surface area contributed by atoms with Gasteiger partial charge in [0, 0.05) is 12.2 Å². The van der Waals surface area contributed by atoms with Crippen LogP contribution < -0.4 is 5.32 Å². The third kappa shape index (κ3) is 2.22. The fraction of sp³-hybridized carbons (Fsp3) is 0.636. The number of rotatable bonds is 2. The van der Waals surface area contributed by atoms with Gasteiger partial charge >= 0.3 is 0 Å². The Kier molecular flexibility index (Phi) is 2.66. The molecule has 1 saturated carbocycles. The van der Waals surface area contributed by atoms with Crippen LogP contribution in [0.4, 0.5) is 5.82 Å². The van der Waals surface area contributed by atoms with E-state index >= 15 is 0 Å². The smallest absolute Gasteiger partial charge is 0.129 e. The van der Waals surface area contributed by atoms with Crippen LogP contribution in [0.5, 0.6) is 0 Å². The van der Waals surface area contributed by atoms with Crippen molar-refractivity contribution in [1.29, 1.82) is 0 Å². The van der Waals surface area contributed by atoms with Crippen LogP contribution in [0.2, 0.25) is 0 Å². The molecule has 2 unspecified atom stereocenters. The molecule has 0 amide bonds. The molecule has 0 radical (unpaired) electrons. The highest BCUT2D eigenvalue weighted by molar-refractivity contribution is 5.34. The molecule has 1 aromatic rings. The quantitative estimate of drug-likeness (QED) is 0.780. The number of nitrogens with zero attached hydrogens (tertiary/aromatic N) is 2. The van der Waals surface area contributed by atoms with Gasteiger partial charge in [-0.2, -0.15) is 0 Å². The number of anilines is 1. The van der Waals surface area contributed by atoms with E-state index < -0.39 is 0 Å². The van der Waals surface area contributed by atoms with E-state index in [1.54, 1.807) is 0 Å². The molecular formula is C11H17N3. The predicted molar refractivity (Wildman–Crippen MR) is 57.2 cm³/mol. The number of aromatic nitrogens is 2. The lowest BCUT2D eigenvalue weighted by Crippen LogP contribution is -2.16. The molecule has 14 heavy (non-hydrogen) atoms. The molecule has 0 aromatic carbocycles. The molecule has 0 saturated heterocycles. The summed E-state index contributed by atoms with van der Waals surface area (Å²) in [4.78, 5) is 8.42. The third-order valence-corrected chi connectivity index (χ3v) is 2.82. The minimum atomic E-state index is 0.610. The van der Waals surface area contributed by atoms with E-state index in [4.69, 9.17) is 0 Å². The first-order chi connectivity index (χ1) is 6.74. The van der Waals surface area contributed by atoms with E-state index in [-0.39, 0.29) is 0 Å². The SMILES string of the molecule is Cc1nccc(NC2CCC(C)C2)n1. The summed E-state index contributed by atoms with van der Waals surface area (Å²) in [5.41, 5.74) is 0. The largest absolute Gasteiger partial charge is 0.367 e. The molecule has 2 rings (SSSR count). The van der Waals surface area contributed by atoms with Crippen LogP contribution in [0.25, 0.3) is 0 Å². The lowest BCUT2D eigenvalue weighted by atomic mass is 10.1. The van der Waals surface area contributed by atoms with Gasteiger partial charge in [-0.1, -0.05) is 6.92 Å². The van der Waals surface area contributed by atoms with Gasteiger partial charge in [0.15, 0.2) is 0 Å². The lowest BCUT2D eigenvalue weighted by Gasteiger charge is -2.12. The molecule has 1 N–H and O–H groups in total. The molecule has 0 aliphatic heterocycles. The molecule has 1 fully saturated rings. The zero-order valence-electron chi connectivity index (χ0n) is 8.83. The molecule has 1 aliphatic rings.